The van der Waals surface area contributed by atoms with Crippen LogP contribution in [0.2, 0.25) is 0 Å². The van der Waals surface area contributed by atoms with Crippen LogP contribution >= 0.6 is 0 Å². The SMILES string of the molecule is CN1CCC(N(C)Cc2ccc(N)nc2)CC1. The first kappa shape index (κ1) is 12.3. The Morgan fingerprint density at radius 2 is 2.12 bits per heavy atom. The van der Waals surface area contributed by atoms with Gasteiger partial charge in [-0.1, -0.05) is 6.07 Å². The molecule has 1 aromatic heterocycles. The van der Waals surface area contributed by atoms with E-state index in [9.17, 15) is 0 Å². The maximum absolute atomic E-state index is 5.59. The van der Waals surface area contributed by atoms with Crippen LogP contribution < -0.4 is 5.73 Å². The molecule has 1 saturated heterocycles. The van der Waals surface area contributed by atoms with E-state index in [1.807, 2.05) is 12.3 Å². The number of anilines is 1. The standard InChI is InChI=1S/C13H22N4/c1-16-7-5-12(6-8-16)17(2)10-11-3-4-13(14)15-9-11/h3-4,9,12H,5-8,10H2,1-2H3,(H2,14,15). The first-order valence-electron chi connectivity index (χ1n) is 6.24. The monoisotopic (exact) mass is 234 g/mol. The molecule has 2 rings (SSSR count). The number of nitrogens with two attached hydrogens (primary N) is 1. The van der Waals surface area contributed by atoms with Crippen molar-refractivity contribution in [3.63, 3.8) is 0 Å². The van der Waals surface area contributed by atoms with Crippen molar-refractivity contribution >= 4 is 5.82 Å². The molecule has 1 aliphatic rings. The van der Waals surface area contributed by atoms with Crippen LogP contribution in [0.1, 0.15) is 18.4 Å². The second-order valence-corrected chi connectivity index (χ2v) is 5.04. The summed E-state index contributed by atoms with van der Waals surface area (Å²) in [5.41, 5.74) is 6.82. The fourth-order valence-corrected chi connectivity index (χ4v) is 2.38. The Hall–Kier alpha value is -1.13. The second-order valence-electron chi connectivity index (χ2n) is 5.04. The average Bonchev–Trinajstić information content (AvgIpc) is 2.33. The first-order chi connectivity index (χ1) is 8.15. The Morgan fingerprint density at radius 1 is 1.41 bits per heavy atom. The number of pyridine rings is 1. The lowest BCUT2D eigenvalue weighted by molar-refractivity contribution is 0.139. The number of nitrogen functional groups attached to an aromatic ring is 1. The highest BCUT2D eigenvalue weighted by Crippen LogP contribution is 2.16. The molecule has 1 fully saturated rings. The van der Waals surface area contributed by atoms with Crippen LogP contribution in [0.15, 0.2) is 18.3 Å². The van der Waals surface area contributed by atoms with Gasteiger partial charge in [0.05, 0.1) is 0 Å². The molecule has 1 aliphatic heterocycles. The predicted octanol–water partition coefficient (Wildman–Crippen LogP) is 1.19. The van der Waals surface area contributed by atoms with Crippen LogP contribution in [0, 0.1) is 0 Å². The largest absolute Gasteiger partial charge is 0.384 e. The number of likely N-dealkylation sites (tertiary alicyclic amines) is 1. The minimum Gasteiger partial charge on any atom is -0.384 e. The van der Waals surface area contributed by atoms with Gasteiger partial charge in [0, 0.05) is 18.8 Å². The maximum atomic E-state index is 5.59. The van der Waals surface area contributed by atoms with Crippen LogP contribution in [-0.2, 0) is 6.54 Å². The Morgan fingerprint density at radius 3 is 2.71 bits per heavy atom. The van der Waals surface area contributed by atoms with Crippen LogP contribution in [0.5, 0.6) is 0 Å². The van der Waals surface area contributed by atoms with E-state index in [0.717, 1.165) is 6.54 Å². The summed E-state index contributed by atoms with van der Waals surface area (Å²) >= 11 is 0. The molecular formula is C13H22N4. The second kappa shape index (κ2) is 5.47. The van der Waals surface area contributed by atoms with Crippen molar-refractivity contribution < 1.29 is 0 Å². The Kier molecular flexibility index (Phi) is 3.97. The molecule has 4 heteroatoms. The summed E-state index contributed by atoms with van der Waals surface area (Å²) in [5, 5.41) is 0. The molecule has 0 amide bonds. The minimum atomic E-state index is 0.593. The van der Waals surface area contributed by atoms with Crippen molar-refractivity contribution in [2.45, 2.75) is 25.4 Å². The molecule has 0 bridgehead atoms. The van der Waals surface area contributed by atoms with Gasteiger partial charge in [-0.15, -0.1) is 0 Å². The van der Waals surface area contributed by atoms with Gasteiger partial charge in [0.15, 0.2) is 0 Å². The Bertz CT molecular complexity index is 341. The third-order valence-corrected chi connectivity index (χ3v) is 3.59. The van der Waals surface area contributed by atoms with E-state index in [1.165, 1.54) is 31.5 Å². The zero-order valence-corrected chi connectivity index (χ0v) is 10.8. The lowest BCUT2D eigenvalue weighted by Gasteiger charge is -2.35. The van der Waals surface area contributed by atoms with Gasteiger partial charge in [0.2, 0.25) is 0 Å². The fraction of sp³-hybridized carbons (Fsp3) is 0.615. The summed E-state index contributed by atoms with van der Waals surface area (Å²) in [6, 6.07) is 4.63. The summed E-state index contributed by atoms with van der Waals surface area (Å²) in [4.78, 5) is 8.96. The van der Waals surface area contributed by atoms with Crippen LogP contribution in [0.3, 0.4) is 0 Å². The zero-order chi connectivity index (χ0) is 12.3. The van der Waals surface area contributed by atoms with E-state index in [-0.39, 0.29) is 0 Å². The molecule has 0 radical (unpaired) electrons. The maximum Gasteiger partial charge on any atom is 0.123 e. The summed E-state index contributed by atoms with van der Waals surface area (Å²) in [7, 11) is 4.40. The topological polar surface area (TPSA) is 45.4 Å². The highest BCUT2D eigenvalue weighted by molar-refractivity contribution is 5.29. The molecule has 2 N–H and O–H groups in total. The minimum absolute atomic E-state index is 0.593. The fourth-order valence-electron chi connectivity index (χ4n) is 2.38. The van der Waals surface area contributed by atoms with E-state index in [0.29, 0.717) is 11.9 Å². The average molecular weight is 234 g/mol. The Balaban J connectivity index is 1.88. The number of piperidine rings is 1. The van der Waals surface area contributed by atoms with E-state index in [1.54, 1.807) is 0 Å². The predicted molar refractivity (Wildman–Crippen MR) is 70.6 cm³/mol. The lowest BCUT2D eigenvalue weighted by atomic mass is 10.0. The van der Waals surface area contributed by atoms with E-state index in [2.05, 4.69) is 34.9 Å². The van der Waals surface area contributed by atoms with Gasteiger partial charge in [-0.3, -0.25) is 4.90 Å². The van der Waals surface area contributed by atoms with Crippen molar-refractivity contribution in [1.82, 2.24) is 14.8 Å². The number of hydrogen-bond acceptors (Lipinski definition) is 4. The van der Waals surface area contributed by atoms with E-state index < -0.39 is 0 Å². The van der Waals surface area contributed by atoms with Crippen molar-refractivity contribution in [2.24, 2.45) is 0 Å². The van der Waals surface area contributed by atoms with Gasteiger partial charge >= 0.3 is 0 Å². The smallest absolute Gasteiger partial charge is 0.123 e. The number of hydrogen-bond donors (Lipinski definition) is 1. The van der Waals surface area contributed by atoms with Crippen LogP contribution in [0.4, 0.5) is 5.82 Å². The molecule has 17 heavy (non-hydrogen) atoms. The summed E-state index contributed by atoms with van der Waals surface area (Å²) in [6.45, 7) is 3.37. The molecule has 0 unspecified atom stereocenters. The molecule has 2 heterocycles. The van der Waals surface area contributed by atoms with Gasteiger partial charge in [0.1, 0.15) is 5.82 Å². The lowest BCUT2D eigenvalue weighted by Crippen LogP contribution is -2.41. The summed E-state index contributed by atoms with van der Waals surface area (Å²) in [6.07, 6.45) is 4.39. The normalized spacial score (nSPS) is 18.8. The van der Waals surface area contributed by atoms with Crippen molar-refractivity contribution in [2.75, 3.05) is 32.9 Å². The van der Waals surface area contributed by atoms with Gasteiger partial charge in [-0.2, -0.15) is 0 Å². The highest BCUT2D eigenvalue weighted by atomic mass is 15.2. The molecule has 1 aromatic rings. The molecule has 4 nitrogen and oxygen atoms in total. The van der Waals surface area contributed by atoms with Gasteiger partial charge in [0.25, 0.3) is 0 Å². The number of nitrogens with zero attached hydrogens (tertiary/aromatic N) is 3. The van der Waals surface area contributed by atoms with Gasteiger partial charge in [-0.05, 0) is 51.7 Å². The van der Waals surface area contributed by atoms with Crippen molar-refractivity contribution in [1.29, 1.82) is 0 Å². The molecule has 0 atom stereocenters. The summed E-state index contributed by atoms with van der Waals surface area (Å²) < 4.78 is 0. The van der Waals surface area contributed by atoms with Gasteiger partial charge in [-0.25, -0.2) is 4.98 Å². The van der Waals surface area contributed by atoms with Gasteiger partial charge < -0.3 is 10.6 Å². The molecule has 94 valence electrons. The van der Waals surface area contributed by atoms with E-state index in [4.69, 9.17) is 5.73 Å². The molecule has 0 aliphatic carbocycles. The molecular weight excluding hydrogens is 212 g/mol. The summed E-state index contributed by atoms with van der Waals surface area (Å²) in [5.74, 6) is 0.593. The number of aromatic nitrogens is 1. The van der Waals surface area contributed by atoms with Crippen molar-refractivity contribution in [3.8, 4) is 0 Å². The third-order valence-electron chi connectivity index (χ3n) is 3.59. The van der Waals surface area contributed by atoms with Crippen molar-refractivity contribution in [3.05, 3.63) is 23.9 Å². The molecule has 0 saturated carbocycles. The zero-order valence-electron chi connectivity index (χ0n) is 10.8. The highest BCUT2D eigenvalue weighted by Gasteiger charge is 2.20. The van der Waals surface area contributed by atoms with Crippen LogP contribution in [0.25, 0.3) is 0 Å². The third kappa shape index (κ3) is 3.41. The van der Waals surface area contributed by atoms with Crippen LogP contribution in [-0.4, -0.2) is 48.0 Å². The Labute approximate surface area is 103 Å². The first-order valence-corrected chi connectivity index (χ1v) is 6.24. The quantitative estimate of drug-likeness (QED) is 0.853. The van der Waals surface area contributed by atoms with E-state index >= 15 is 0 Å². The number of rotatable bonds is 3. The molecule has 0 spiro atoms. The molecule has 0 aromatic carbocycles.